The number of nitrogens with one attached hydrogen (secondary N) is 2. The molecule has 0 radical (unpaired) electrons. The van der Waals surface area contributed by atoms with Crippen molar-refractivity contribution in [3.8, 4) is 0 Å². The molecular weight excluding hydrogens is 402 g/mol. The summed E-state index contributed by atoms with van der Waals surface area (Å²) in [5, 5.41) is 17.7. The number of benzene rings is 1. The van der Waals surface area contributed by atoms with E-state index in [1.807, 2.05) is 38.1 Å². The van der Waals surface area contributed by atoms with Gasteiger partial charge in [-0.1, -0.05) is 37.2 Å². The van der Waals surface area contributed by atoms with Gasteiger partial charge in [-0.15, -0.1) is 0 Å². The van der Waals surface area contributed by atoms with Crippen LogP contribution in [-0.4, -0.2) is 66.8 Å². The lowest BCUT2D eigenvalue weighted by molar-refractivity contribution is -0.145. The number of hydrogen-bond donors (Lipinski definition) is 3. The first-order valence-electron chi connectivity index (χ1n) is 10.1. The number of esters is 1. The van der Waals surface area contributed by atoms with Crippen LogP contribution in [0.2, 0.25) is 0 Å². The van der Waals surface area contributed by atoms with Crippen LogP contribution in [0.3, 0.4) is 0 Å². The van der Waals surface area contributed by atoms with Crippen molar-refractivity contribution >= 4 is 28.5 Å². The average molecular weight is 434 g/mol. The lowest BCUT2D eigenvalue weighted by Crippen LogP contribution is -2.44. The van der Waals surface area contributed by atoms with E-state index in [9.17, 15) is 14.7 Å². The van der Waals surface area contributed by atoms with Crippen molar-refractivity contribution in [3.63, 3.8) is 0 Å². The number of carbonyl (C=O) groups excluding carboxylic acids is 2. The number of fused-ring (bicyclic) bond motifs is 1. The van der Waals surface area contributed by atoms with E-state index >= 15 is 0 Å². The number of hydrogen-bond acceptors (Lipinski definition) is 7. The number of methoxy groups -OCH3 is 2. The second-order valence-electron chi connectivity index (χ2n) is 7.60. The summed E-state index contributed by atoms with van der Waals surface area (Å²) in [5.41, 5.74) is 2.11. The fraction of sp³-hybridized carbons (Fsp3) is 0.500. The van der Waals surface area contributed by atoms with E-state index in [-0.39, 0.29) is 18.1 Å². The molecule has 0 aliphatic rings. The third kappa shape index (κ3) is 6.53. The van der Waals surface area contributed by atoms with Gasteiger partial charge in [-0.2, -0.15) is 0 Å². The molecule has 1 heterocycles. The number of oxime groups is 1. The molecule has 0 saturated heterocycles. The standard InChI is InChI=1S/C22H31N3O6/c1-13(2)21(29-4)20(27)14(3)25-31-12-19(26)24-18(22(28)30-5)10-15-11-23-17-9-7-6-8-16(15)17/h6-9,11,13,18,20-21,23,27H,10,12H2,1-5H3,(H,24,26)/b25-14+/t18-,20-,21-/m0/s1. The molecule has 9 nitrogen and oxygen atoms in total. The second-order valence-corrected chi connectivity index (χ2v) is 7.60. The zero-order chi connectivity index (χ0) is 23.0. The predicted octanol–water partition coefficient (Wildman–Crippen LogP) is 1.79. The maximum absolute atomic E-state index is 12.3. The fourth-order valence-electron chi connectivity index (χ4n) is 3.34. The van der Waals surface area contributed by atoms with Crippen molar-refractivity contribution in [2.45, 2.75) is 45.4 Å². The summed E-state index contributed by atoms with van der Waals surface area (Å²) in [7, 11) is 2.78. The summed E-state index contributed by atoms with van der Waals surface area (Å²) >= 11 is 0. The van der Waals surface area contributed by atoms with Crippen LogP contribution in [-0.2, 0) is 30.3 Å². The fourth-order valence-corrected chi connectivity index (χ4v) is 3.34. The van der Waals surface area contributed by atoms with E-state index in [2.05, 4.69) is 15.5 Å². The molecule has 0 spiro atoms. The molecule has 2 aromatic rings. The van der Waals surface area contributed by atoms with Gasteiger partial charge in [-0.05, 0) is 24.5 Å². The largest absolute Gasteiger partial charge is 0.467 e. The molecule has 170 valence electrons. The van der Waals surface area contributed by atoms with Gasteiger partial charge in [0, 0.05) is 30.6 Å². The van der Waals surface area contributed by atoms with Crippen LogP contribution in [0.1, 0.15) is 26.3 Å². The Morgan fingerprint density at radius 3 is 2.58 bits per heavy atom. The Bertz CT molecular complexity index is 908. The van der Waals surface area contributed by atoms with Crippen molar-refractivity contribution in [3.05, 3.63) is 36.0 Å². The first-order chi connectivity index (χ1) is 14.8. The summed E-state index contributed by atoms with van der Waals surface area (Å²) in [6.45, 7) is 5.01. The molecule has 0 bridgehead atoms. The molecule has 0 fully saturated rings. The molecule has 9 heteroatoms. The summed E-state index contributed by atoms with van der Waals surface area (Å²) in [5.74, 6) is -1.03. The van der Waals surface area contributed by atoms with Crippen molar-refractivity contribution in [2.24, 2.45) is 11.1 Å². The van der Waals surface area contributed by atoms with Crippen molar-refractivity contribution in [1.29, 1.82) is 0 Å². The van der Waals surface area contributed by atoms with E-state index < -0.39 is 36.7 Å². The Morgan fingerprint density at radius 1 is 1.23 bits per heavy atom. The Balaban J connectivity index is 1.97. The van der Waals surface area contributed by atoms with E-state index in [4.69, 9.17) is 14.3 Å². The van der Waals surface area contributed by atoms with E-state index in [1.165, 1.54) is 14.2 Å². The molecule has 0 aliphatic carbocycles. The zero-order valence-corrected chi connectivity index (χ0v) is 18.5. The molecule has 3 N–H and O–H groups in total. The van der Waals surface area contributed by atoms with E-state index in [0.29, 0.717) is 0 Å². The first-order valence-corrected chi connectivity index (χ1v) is 10.1. The number of ether oxygens (including phenoxy) is 2. The smallest absolute Gasteiger partial charge is 0.328 e. The molecule has 2 rings (SSSR count). The molecule has 1 amide bonds. The van der Waals surface area contributed by atoms with Crippen LogP contribution in [0, 0.1) is 5.92 Å². The third-order valence-corrected chi connectivity index (χ3v) is 4.99. The highest BCUT2D eigenvalue weighted by Crippen LogP contribution is 2.19. The van der Waals surface area contributed by atoms with Crippen LogP contribution < -0.4 is 5.32 Å². The van der Waals surface area contributed by atoms with Crippen LogP contribution in [0.5, 0.6) is 0 Å². The quantitative estimate of drug-likeness (QED) is 0.282. The van der Waals surface area contributed by atoms with Crippen LogP contribution >= 0.6 is 0 Å². The summed E-state index contributed by atoms with van der Waals surface area (Å²) < 4.78 is 10.1. The van der Waals surface area contributed by atoms with Gasteiger partial charge < -0.3 is 29.7 Å². The monoisotopic (exact) mass is 433 g/mol. The van der Waals surface area contributed by atoms with Crippen LogP contribution in [0.25, 0.3) is 10.9 Å². The molecule has 0 saturated carbocycles. The maximum Gasteiger partial charge on any atom is 0.328 e. The van der Waals surface area contributed by atoms with Gasteiger partial charge in [0.05, 0.1) is 18.9 Å². The number of amides is 1. The SMILES string of the molecule is COC(=O)[C@H](Cc1c[nH]c2ccccc12)NC(=O)CO/N=C(\C)[C@H](O)[C@@H](OC)C(C)C. The first kappa shape index (κ1) is 24.4. The number of carbonyl (C=O) groups is 2. The predicted molar refractivity (Wildman–Crippen MR) is 117 cm³/mol. The van der Waals surface area contributed by atoms with Gasteiger partial charge in [0.15, 0.2) is 6.61 Å². The minimum Gasteiger partial charge on any atom is -0.467 e. The number of nitrogens with zero attached hydrogens (tertiary/aromatic N) is 1. The summed E-state index contributed by atoms with van der Waals surface area (Å²) in [6.07, 6.45) is 0.658. The van der Waals surface area contributed by atoms with Crippen LogP contribution in [0.4, 0.5) is 0 Å². The molecule has 1 aromatic heterocycles. The topological polar surface area (TPSA) is 122 Å². The third-order valence-electron chi connectivity index (χ3n) is 4.99. The zero-order valence-electron chi connectivity index (χ0n) is 18.5. The van der Waals surface area contributed by atoms with Crippen molar-refractivity contribution in [1.82, 2.24) is 10.3 Å². The van der Waals surface area contributed by atoms with E-state index in [0.717, 1.165) is 16.5 Å². The van der Waals surface area contributed by atoms with Gasteiger partial charge in [0.1, 0.15) is 12.1 Å². The van der Waals surface area contributed by atoms with E-state index in [1.54, 1.807) is 13.1 Å². The highest BCUT2D eigenvalue weighted by Gasteiger charge is 2.26. The highest BCUT2D eigenvalue weighted by atomic mass is 16.6. The maximum atomic E-state index is 12.3. The van der Waals surface area contributed by atoms with Gasteiger partial charge >= 0.3 is 5.97 Å². The van der Waals surface area contributed by atoms with Crippen molar-refractivity contribution < 1.29 is 29.0 Å². The number of aromatic nitrogens is 1. The number of para-hydroxylation sites is 1. The van der Waals surface area contributed by atoms with Gasteiger partial charge in [0.25, 0.3) is 5.91 Å². The molecule has 0 aliphatic heterocycles. The highest BCUT2D eigenvalue weighted by molar-refractivity contribution is 5.88. The summed E-state index contributed by atoms with van der Waals surface area (Å²) in [6, 6.07) is 6.81. The Morgan fingerprint density at radius 2 is 1.94 bits per heavy atom. The number of rotatable bonds is 11. The normalized spacial score (nSPS) is 14.9. The van der Waals surface area contributed by atoms with Gasteiger partial charge in [-0.3, -0.25) is 4.79 Å². The Labute approximate surface area is 181 Å². The molecule has 3 atom stereocenters. The molecular formula is C22H31N3O6. The second kappa shape index (κ2) is 11.5. The molecule has 31 heavy (non-hydrogen) atoms. The Hall–Kier alpha value is -2.91. The van der Waals surface area contributed by atoms with Crippen molar-refractivity contribution in [2.75, 3.05) is 20.8 Å². The minimum absolute atomic E-state index is 0.0683. The average Bonchev–Trinajstić information content (AvgIpc) is 3.15. The number of aliphatic hydroxyl groups is 1. The van der Waals surface area contributed by atoms with Gasteiger partial charge in [0.2, 0.25) is 0 Å². The van der Waals surface area contributed by atoms with Crippen LogP contribution in [0.15, 0.2) is 35.6 Å². The minimum atomic E-state index is -0.960. The summed E-state index contributed by atoms with van der Waals surface area (Å²) in [4.78, 5) is 32.7. The molecule has 0 unspecified atom stereocenters. The Kier molecular flexibility index (Phi) is 9.02. The number of aliphatic hydroxyl groups excluding tert-OH is 1. The van der Waals surface area contributed by atoms with Gasteiger partial charge in [-0.25, -0.2) is 4.79 Å². The number of aromatic amines is 1. The lowest BCUT2D eigenvalue weighted by atomic mass is 9.99. The number of H-pyrrole nitrogens is 1. The lowest BCUT2D eigenvalue weighted by Gasteiger charge is -2.24. The molecule has 1 aromatic carbocycles.